The lowest BCUT2D eigenvalue weighted by Gasteiger charge is -2.22. The number of hydrogen-bond acceptors (Lipinski definition) is 5. The maximum Gasteiger partial charge on any atom is 0.251 e. The van der Waals surface area contributed by atoms with Gasteiger partial charge in [0.15, 0.2) is 0 Å². The van der Waals surface area contributed by atoms with E-state index in [2.05, 4.69) is 15.3 Å². The quantitative estimate of drug-likeness (QED) is 0.786. The molecule has 0 saturated carbocycles. The van der Waals surface area contributed by atoms with Crippen LogP contribution in [-0.4, -0.2) is 41.8 Å². The van der Waals surface area contributed by atoms with E-state index in [1.807, 2.05) is 0 Å². The molecule has 21 heavy (non-hydrogen) atoms. The van der Waals surface area contributed by atoms with Gasteiger partial charge in [0, 0.05) is 18.4 Å². The van der Waals surface area contributed by atoms with Gasteiger partial charge in [0.2, 0.25) is 5.91 Å². The Balaban J connectivity index is 1.66. The fourth-order valence-corrected chi connectivity index (χ4v) is 2.18. The average Bonchev–Trinajstić information content (AvgIpc) is 2.45. The number of rotatable bonds is 6. The topological polar surface area (TPSA) is 93.3 Å². The van der Waals surface area contributed by atoms with E-state index >= 15 is 0 Å². The van der Waals surface area contributed by atoms with Crippen molar-refractivity contribution in [2.45, 2.75) is 38.8 Å². The smallest absolute Gasteiger partial charge is 0.251 e. The van der Waals surface area contributed by atoms with E-state index in [4.69, 9.17) is 9.47 Å². The van der Waals surface area contributed by atoms with E-state index < -0.39 is 0 Å². The predicted octanol–water partition coefficient (Wildman–Crippen LogP) is 0.280. The highest BCUT2D eigenvalue weighted by molar-refractivity contribution is 5.77. The first-order valence-electron chi connectivity index (χ1n) is 7.16. The van der Waals surface area contributed by atoms with Crippen molar-refractivity contribution in [3.05, 3.63) is 27.9 Å². The van der Waals surface area contributed by atoms with Gasteiger partial charge in [-0.25, -0.2) is 4.98 Å². The molecule has 116 valence electrons. The first-order chi connectivity index (χ1) is 10.1. The van der Waals surface area contributed by atoms with Crippen LogP contribution in [0.25, 0.3) is 0 Å². The third kappa shape index (κ3) is 5.65. The fraction of sp³-hybridized carbons (Fsp3) is 0.643. The lowest BCUT2D eigenvalue weighted by atomic mass is 10.1. The van der Waals surface area contributed by atoms with Gasteiger partial charge in [-0.1, -0.05) is 0 Å². The Hall–Kier alpha value is -1.73. The van der Waals surface area contributed by atoms with Crippen LogP contribution in [0, 0.1) is 6.92 Å². The molecule has 0 aromatic carbocycles. The summed E-state index contributed by atoms with van der Waals surface area (Å²) < 4.78 is 10.9. The molecule has 0 unspecified atom stereocenters. The third-order valence-electron chi connectivity index (χ3n) is 3.18. The van der Waals surface area contributed by atoms with Gasteiger partial charge < -0.3 is 19.8 Å². The van der Waals surface area contributed by atoms with Gasteiger partial charge in [-0.15, -0.1) is 0 Å². The Morgan fingerprint density at radius 2 is 2.43 bits per heavy atom. The minimum absolute atomic E-state index is 0.0179. The molecule has 7 heteroatoms. The number of carbonyl (C=O) groups excluding carboxylic acids is 1. The standard InChI is InChI=1S/C14H21N3O4/c1-10-6-13(18)17-12(16-10)7-15-14(19)9-20-8-11-4-2-3-5-21-11/h6,11H,2-5,7-9H2,1H3,(H,15,19)(H,16,17,18)/t11-/m0/s1. The summed E-state index contributed by atoms with van der Waals surface area (Å²) in [5.74, 6) is 0.193. The molecule has 0 aliphatic carbocycles. The van der Waals surface area contributed by atoms with E-state index in [0.717, 1.165) is 25.9 Å². The molecule has 2 N–H and O–H groups in total. The van der Waals surface area contributed by atoms with Crippen LogP contribution in [0.3, 0.4) is 0 Å². The number of nitrogens with zero attached hydrogens (tertiary/aromatic N) is 1. The van der Waals surface area contributed by atoms with Crippen LogP contribution < -0.4 is 10.9 Å². The predicted molar refractivity (Wildman–Crippen MR) is 75.9 cm³/mol. The molecule has 0 spiro atoms. The number of amides is 1. The van der Waals surface area contributed by atoms with Crippen molar-refractivity contribution >= 4 is 5.91 Å². The summed E-state index contributed by atoms with van der Waals surface area (Å²) in [7, 11) is 0. The lowest BCUT2D eigenvalue weighted by molar-refractivity contribution is -0.128. The molecule has 7 nitrogen and oxygen atoms in total. The molecule has 1 aliphatic heterocycles. The summed E-state index contributed by atoms with van der Waals surface area (Å²) in [5, 5.41) is 2.65. The van der Waals surface area contributed by atoms with Crippen molar-refractivity contribution in [3.63, 3.8) is 0 Å². The Morgan fingerprint density at radius 1 is 1.57 bits per heavy atom. The molecular weight excluding hydrogens is 274 g/mol. The number of H-pyrrole nitrogens is 1. The molecule has 2 heterocycles. The third-order valence-corrected chi connectivity index (χ3v) is 3.18. The van der Waals surface area contributed by atoms with Gasteiger partial charge in [-0.05, 0) is 26.2 Å². The number of aromatic nitrogens is 2. The Kier molecular flexibility index (Phi) is 5.89. The molecule has 1 saturated heterocycles. The maximum atomic E-state index is 11.6. The number of ether oxygens (including phenoxy) is 2. The Labute approximate surface area is 123 Å². The first kappa shape index (κ1) is 15.7. The van der Waals surface area contributed by atoms with Gasteiger partial charge in [0.05, 0.1) is 19.3 Å². The molecule has 1 aliphatic rings. The highest BCUT2D eigenvalue weighted by Crippen LogP contribution is 2.12. The monoisotopic (exact) mass is 295 g/mol. The van der Waals surface area contributed by atoms with Crippen LogP contribution in [0.2, 0.25) is 0 Å². The van der Waals surface area contributed by atoms with E-state index in [9.17, 15) is 9.59 Å². The van der Waals surface area contributed by atoms with Crippen LogP contribution in [0.5, 0.6) is 0 Å². The van der Waals surface area contributed by atoms with Crippen molar-refractivity contribution in [2.75, 3.05) is 19.8 Å². The summed E-state index contributed by atoms with van der Waals surface area (Å²) in [6, 6.07) is 1.40. The van der Waals surface area contributed by atoms with Gasteiger partial charge >= 0.3 is 0 Å². The van der Waals surface area contributed by atoms with Gasteiger partial charge in [0.25, 0.3) is 5.56 Å². The summed E-state index contributed by atoms with van der Waals surface area (Å²) in [6.07, 6.45) is 3.32. The van der Waals surface area contributed by atoms with E-state index in [1.165, 1.54) is 6.07 Å². The summed E-state index contributed by atoms with van der Waals surface area (Å²) in [4.78, 5) is 29.6. The van der Waals surface area contributed by atoms with Crippen LogP contribution in [0.15, 0.2) is 10.9 Å². The summed E-state index contributed by atoms with van der Waals surface area (Å²) >= 11 is 0. The Morgan fingerprint density at radius 3 is 3.14 bits per heavy atom. The second-order valence-electron chi connectivity index (χ2n) is 5.11. The van der Waals surface area contributed by atoms with Crippen LogP contribution >= 0.6 is 0 Å². The minimum atomic E-state index is -0.241. The van der Waals surface area contributed by atoms with Crippen molar-refractivity contribution in [1.82, 2.24) is 15.3 Å². The molecule has 0 bridgehead atoms. The molecule has 1 fully saturated rings. The zero-order valence-corrected chi connectivity index (χ0v) is 12.2. The maximum absolute atomic E-state index is 11.6. The molecular formula is C14H21N3O4. The number of aryl methyl sites for hydroxylation is 1. The second kappa shape index (κ2) is 7.90. The summed E-state index contributed by atoms with van der Waals surface area (Å²) in [5.41, 5.74) is 0.395. The van der Waals surface area contributed by atoms with Gasteiger partial charge in [0.1, 0.15) is 12.4 Å². The van der Waals surface area contributed by atoms with Crippen molar-refractivity contribution in [2.24, 2.45) is 0 Å². The largest absolute Gasteiger partial charge is 0.376 e. The number of aromatic amines is 1. The SMILES string of the molecule is Cc1cc(=O)[nH]c(CNC(=O)COC[C@@H]2CCCCO2)n1. The van der Waals surface area contributed by atoms with E-state index in [0.29, 0.717) is 18.1 Å². The van der Waals surface area contributed by atoms with E-state index in [1.54, 1.807) is 6.92 Å². The normalized spacial score (nSPS) is 18.4. The Bertz CT molecular complexity index is 523. The lowest BCUT2D eigenvalue weighted by Crippen LogP contribution is -2.31. The zero-order valence-electron chi connectivity index (χ0n) is 12.2. The number of nitrogens with one attached hydrogen (secondary N) is 2. The number of hydrogen-bond donors (Lipinski definition) is 2. The zero-order chi connectivity index (χ0) is 15.1. The summed E-state index contributed by atoms with van der Waals surface area (Å²) in [6.45, 7) is 3.10. The van der Waals surface area contributed by atoms with Crippen molar-refractivity contribution in [1.29, 1.82) is 0 Å². The van der Waals surface area contributed by atoms with Crippen molar-refractivity contribution < 1.29 is 14.3 Å². The van der Waals surface area contributed by atoms with Gasteiger partial charge in [-0.3, -0.25) is 9.59 Å². The first-order valence-corrected chi connectivity index (χ1v) is 7.16. The molecule has 1 atom stereocenters. The highest BCUT2D eigenvalue weighted by atomic mass is 16.5. The molecule has 2 rings (SSSR count). The molecule has 1 aromatic rings. The van der Waals surface area contributed by atoms with Crippen LogP contribution in [0.4, 0.5) is 0 Å². The van der Waals surface area contributed by atoms with Crippen LogP contribution in [-0.2, 0) is 20.8 Å². The number of carbonyl (C=O) groups is 1. The molecule has 0 radical (unpaired) electrons. The molecule has 1 aromatic heterocycles. The second-order valence-corrected chi connectivity index (χ2v) is 5.11. The van der Waals surface area contributed by atoms with Gasteiger partial charge in [-0.2, -0.15) is 0 Å². The fourth-order valence-electron chi connectivity index (χ4n) is 2.18. The van der Waals surface area contributed by atoms with E-state index in [-0.39, 0.29) is 30.7 Å². The highest BCUT2D eigenvalue weighted by Gasteiger charge is 2.14. The average molecular weight is 295 g/mol. The van der Waals surface area contributed by atoms with Crippen molar-refractivity contribution in [3.8, 4) is 0 Å². The van der Waals surface area contributed by atoms with Crippen LogP contribution in [0.1, 0.15) is 30.8 Å². The molecule has 1 amide bonds. The minimum Gasteiger partial charge on any atom is -0.376 e.